The number of hydrogen-bond acceptors (Lipinski definition) is 2. The molecule has 0 spiro atoms. The Balaban J connectivity index is 2.37. The molecule has 17 heavy (non-hydrogen) atoms. The van der Waals surface area contributed by atoms with E-state index in [0.717, 1.165) is 16.7 Å². The second-order valence-electron chi connectivity index (χ2n) is 3.69. The van der Waals surface area contributed by atoms with Gasteiger partial charge >= 0.3 is 5.69 Å². The van der Waals surface area contributed by atoms with E-state index in [0.29, 0.717) is 4.64 Å². The molecule has 0 aliphatic rings. The first-order chi connectivity index (χ1) is 8.25. The highest BCUT2D eigenvalue weighted by Gasteiger charge is 2.07. The lowest BCUT2D eigenvalue weighted by atomic mass is 10.3. The number of rotatable bonds is 1. The summed E-state index contributed by atoms with van der Waals surface area (Å²) in [6.45, 7) is 0. The number of nitrogens with one attached hydrogen (secondary N) is 2. The summed E-state index contributed by atoms with van der Waals surface area (Å²) in [5.74, 6) is 0. The van der Waals surface area contributed by atoms with Crippen molar-refractivity contribution in [2.24, 2.45) is 0 Å². The van der Waals surface area contributed by atoms with Gasteiger partial charge in [-0.05, 0) is 24.3 Å². The number of benzene rings is 1. The van der Waals surface area contributed by atoms with Crippen molar-refractivity contribution in [3.8, 4) is 5.69 Å². The van der Waals surface area contributed by atoms with Crippen LogP contribution in [0.4, 0.5) is 0 Å². The number of para-hydroxylation sites is 2. The Kier molecular flexibility index (Phi) is 2.19. The van der Waals surface area contributed by atoms with Crippen LogP contribution in [0.2, 0.25) is 0 Å². The standard InChI is InChI=1S/C12H9N3OS/c16-12-14-9-3-1-2-4-10(9)15(12)8-5-6-11(17)13-7-8/h1-7H,(H,13,17)(H,14,16). The predicted octanol–water partition coefficient (Wildman–Crippen LogP) is 2.38. The third-order valence-corrected chi connectivity index (χ3v) is 2.87. The minimum absolute atomic E-state index is 0.156. The van der Waals surface area contributed by atoms with E-state index < -0.39 is 0 Å². The topological polar surface area (TPSA) is 53.6 Å². The summed E-state index contributed by atoms with van der Waals surface area (Å²) in [7, 11) is 0. The molecular weight excluding hydrogens is 234 g/mol. The highest BCUT2D eigenvalue weighted by molar-refractivity contribution is 7.71. The number of pyridine rings is 1. The number of fused-ring (bicyclic) bond motifs is 1. The lowest BCUT2D eigenvalue weighted by Gasteiger charge is -2.02. The average molecular weight is 243 g/mol. The molecule has 2 heterocycles. The summed E-state index contributed by atoms with van der Waals surface area (Å²) in [5.41, 5.74) is 2.28. The maximum absolute atomic E-state index is 11.9. The number of imidazole rings is 1. The molecule has 3 aromatic rings. The van der Waals surface area contributed by atoms with Crippen LogP contribution in [0, 0.1) is 4.64 Å². The van der Waals surface area contributed by atoms with Gasteiger partial charge in [-0.25, -0.2) is 4.79 Å². The van der Waals surface area contributed by atoms with E-state index in [-0.39, 0.29) is 5.69 Å². The van der Waals surface area contributed by atoms with Crippen LogP contribution in [-0.4, -0.2) is 14.5 Å². The number of H-pyrrole nitrogens is 2. The van der Waals surface area contributed by atoms with Gasteiger partial charge in [0.25, 0.3) is 0 Å². The van der Waals surface area contributed by atoms with Crippen molar-refractivity contribution < 1.29 is 0 Å². The molecule has 0 aliphatic heterocycles. The molecule has 2 aromatic heterocycles. The predicted molar refractivity (Wildman–Crippen MR) is 69.1 cm³/mol. The van der Waals surface area contributed by atoms with Crippen LogP contribution in [0.3, 0.4) is 0 Å². The second-order valence-corrected chi connectivity index (χ2v) is 4.13. The highest BCUT2D eigenvalue weighted by Crippen LogP contribution is 2.13. The average Bonchev–Trinajstić information content (AvgIpc) is 2.66. The Bertz CT molecular complexity index is 777. The van der Waals surface area contributed by atoms with Crippen molar-refractivity contribution in [2.45, 2.75) is 0 Å². The van der Waals surface area contributed by atoms with E-state index >= 15 is 0 Å². The van der Waals surface area contributed by atoms with Gasteiger partial charge in [0.05, 0.1) is 16.7 Å². The molecule has 0 bridgehead atoms. The van der Waals surface area contributed by atoms with E-state index in [2.05, 4.69) is 9.97 Å². The molecule has 0 fully saturated rings. The second kappa shape index (κ2) is 3.71. The first-order valence-corrected chi connectivity index (χ1v) is 5.55. The highest BCUT2D eigenvalue weighted by atomic mass is 32.1. The fourth-order valence-corrected chi connectivity index (χ4v) is 1.98. The van der Waals surface area contributed by atoms with Crippen LogP contribution in [0.5, 0.6) is 0 Å². The van der Waals surface area contributed by atoms with Crippen molar-refractivity contribution in [2.75, 3.05) is 0 Å². The third kappa shape index (κ3) is 1.60. The zero-order chi connectivity index (χ0) is 11.8. The first kappa shape index (κ1) is 10.0. The fourth-order valence-electron chi connectivity index (χ4n) is 1.85. The molecule has 0 amide bonds. The van der Waals surface area contributed by atoms with Crippen LogP contribution in [0.25, 0.3) is 16.7 Å². The van der Waals surface area contributed by atoms with Gasteiger partial charge in [-0.2, -0.15) is 0 Å². The zero-order valence-corrected chi connectivity index (χ0v) is 9.62. The molecule has 0 aliphatic carbocycles. The summed E-state index contributed by atoms with van der Waals surface area (Å²) in [5, 5.41) is 0. The van der Waals surface area contributed by atoms with Gasteiger partial charge in [-0.1, -0.05) is 24.4 Å². The molecule has 0 saturated carbocycles. The van der Waals surface area contributed by atoms with Crippen LogP contribution < -0.4 is 5.69 Å². The molecule has 1 aromatic carbocycles. The molecular formula is C12H9N3OS. The summed E-state index contributed by atoms with van der Waals surface area (Å²) >= 11 is 4.98. The van der Waals surface area contributed by atoms with Crippen LogP contribution in [0.15, 0.2) is 47.4 Å². The number of hydrogen-bond donors (Lipinski definition) is 2. The molecule has 84 valence electrons. The number of nitrogens with zero attached hydrogens (tertiary/aromatic N) is 1. The van der Waals surface area contributed by atoms with E-state index in [1.165, 1.54) is 0 Å². The van der Waals surface area contributed by atoms with Crippen molar-refractivity contribution in [3.05, 3.63) is 57.7 Å². The smallest absolute Gasteiger partial charge is 0.331 e. The molecule has 5 heteroatoms. The zero-order valence-electron chi connectivity index (χ0n) is 8.81. The lowest BCUT2D eigenvalue weighted by molar-refractivity contribution is 1.00. The molecule has 4 nitrogen and oxygen atoms in total. The molecule has 3 rings (SSSR count). The Morgan fingerprint density at radius 3 is 2.71 bits per heavy atom. The lowest BCUT2D eigenvalue weighted by Crippen LogP contribution is -2.14. The molecule has 0 atom stereocenters. The van der Waals surface area contributed by atoms with Crippen LogP contribution >= 0.6 is 12.2 Å². The van der Waals surface area contributed by atoms with Crippen molar-refractivity contribution >= 4 is 23.3 Å². The summed E-state index contributed by atoms with van der Waals surface area (Å²) in [6, 6.07) is 11.1. The Morgan fingerprint density at radius 1 is 1.12 bits per heavy atom. The minimum Gasteiger partial charge on any atom is -0.351 e. The SMILES string of the molecule is O=c1[nH]c2ccccc2n1-c1ccc(=S)[nH]c1. The number of aromatic amines is 2. The maximum atomic E-state index is 11.9. The van der Waals surface area contributed by atoms with E-state index in [9.17, 15) is 4.79 Å². The van der Waals surface area contributed by atoms with Gasteiger partial charge in [-0.3, -0.25) is 4.57 Å². The molecule has 0 radical (unpaired) electrons. The third-order valence-electron chi connectivity index (χ3n) is 2.62. The summed E-state index contributed by atoms with van der Waals surface area (Å²) in [4.78, 5) is 17.6. The van der Waals surface area contributed by atoms with Gasteiger partial charge in [0, 0.05) is 6.20 Å². The van der Waals surface area contributed by atoms with E-state index in [1.807, 2.05) is 30.3 Å². The normalized spacial score (nSPS) is 10.8. The van der Waals surface area contributed by atoms with Gasteiger partial charge in [0.2, 0.25) is 0 Å². The number of aromatic nitrogens is 3. The van der Waals surface area contributed by atoms with Gasteiger partial charge in [0.1, 0.15) is 4.64 Å². The molecule has 2 N–H and O–H groups in total. The van der Waals surface area contributed by atoms with Gasteiger partial charge in [0.15, 0.2) is 0 Å². The maximum Gasteiger partial charge on any atom is 0.331 e. The Hall–Kier alpha value is -2.14. The molecule has 0 unspecified atom stereocenters. The van der Waals surface area contributed by atoms with E-state index in [1.54, 1.807) is 16.8 Å². The summed E-state index contributed by atoms with van der Waals surface area (Å²) in [6.07, 6.45) is 1.73. The van der Waals surface area contributed by atoms with Gasteiger partial charge in [-0.15, -0.1) is 0 Å². The van der Waals surface area contributed by atoms with E-state index in [4.69, 9.17) is 12.2 Å². The minimum atomic E-state index is -0.156. The van der Waals surface area contributed by atoms with Gasteiger partial charge < -0.3 is 9.97 Å². The monoisotopic (exact) mass is 243 g/mol. The van der Waals surface area contributed by atoms with Crippen molar-refractivity contribution in [3.63, 3.8) is 0 Å². The molecule has 0 saturated heterocycles. The fraction of sp³-hybridized carbons (Fsp3) is 0. The van der Waals surface area contributed by atoms with Crippen molar-refractivity contribution in [1.82, 2.24) is 14.5 Å². The quantitative estimate of drug-likeness (QED) is 0.645. The Morgan fingerprint density at radius 2 is 1.94 bits per heavy atom. The summed E-state index contributed by atoms with van der Waals surface area (Å²) < 4.78 is 2.25. The first-order valence-electron chi connectivity index (χ1n) is 5.14. The van der Waals surface area contributed by atoms with Crippen LogP contribution in [-0.2, 0) is 0 Å². The Labute approximate surface area is 102 Å². The van der Waals surface area contributed by atoms with Crippen molar-refractivity contribution in [1.29, 1.82) is 0 Å². The largest absolute Gasteiger partial charge is 0.351 e. The van der Waals surface area contributed by atoms with Crippen LogP contribution in [0.1, 0.15) is 0 Å².